The van der Waals surface area contributed by atoms with E-state index in [1.54, 1.807) is 7.11 Å². The molecule has 2 aromatic rings. The van der Waals surface area contributed by atoms with Gasteiger partial charge in [0.05, 0.1) is 7.11 Å². The lowest BCUT2D eigenvalue weighted by Gasteiger charge is -2.08. The van der Waals surface area contributed by atoms with Crippen LogP contribution in [0.2, 0.25) is 0 Å². The standard InChI is InChI=1S/C17H18O/c1-14(11-12-15-7-4-3-5-8-15)16-9-6-10-17(13-16)18-2/h3-14H,1-2H3/b12-11+/t14-/m0/s1. The minimum atomic E-state index is 0.375. The highest BCUT2D eigenvalue weighted by Gasteiger charge is 2.02. The van der Waals surface area contributed by atoms with E-state index in [0.29, 0.717) is 5.92 Å². The van der Waals surface area contributed by atoms with Crippen molar-refractivity contribution in [2.45, 2.75) is 12.8 Å². The Kier molecular flexibility index (Phi) is 4.19. The Balaban J connectivity index is 2.11. The van der Waals surface area contributed by atoms with E-state index in [1.165, 1.54) is 11.1 Å². The fraction of sp³-hybridized carbons (Fsp3) is 0.176. The fourth-order valence-electron chi connectivity index (χ4n) is 1.86. The second-order valence-electron chi connectivity index (χ2n) is 4.34. The first-order valence-electron chi connectivity index (χ1n) is 6.17. The summed E-state index contributed by atoms with van der Waals surface area (Å²) in [5, 5.41) is 0. The van der Waals surface area contributed by atoms with Crippen molar-refractivity contribution in [3.8, 4) is 5.75 Å². The van der Waals surface area contributed by atoms with Gasteiger partial charge < -0.3 is 4.74 Å². The van der Waals surface area contributed by atoms with E-state index < -0.39 is 0 Å². The molecule has 0 aliphatic rings. The van der Waals surface area contributed by atoms with Gasteiger partial charge in [-0.2, -0.15) is 0 Å². The minimum Gasteiger partial charge on any atom is -0.497 e. The van der Waals surface area contributed by atoms with Crippen LogP contribution >= 0.6 is 0 Å². The number of hydrogen-bond acceptors (Lipinski definition) is 1. The summed E-state index contributed by atoms with van der Waals surface area (Å²) < 4.78 is 5.24. The highest BCUT2D eigenvalue weighted by molar-refractivity contribution is 5.50. The van der Waals surface area contributed by atoms with Crippen molar-refractivity contribution in [1.29, 1.82) is 0 Å². The third kappa shape index (κ3) is 3.24. The Morgan fingerprint density at radius 3 is 2.50 bits per heavy atom. The van der Waals surface area contributed by atoms with Crippen LogP contribution in [0.4, 0.5) is 0 Å². The molecule has 0 aliphatic carbocycles. The zero-order valence-corrected chi connectivity index (χ0v) is 10.8. The van der Waals surface area contributed by atoms with Crippen LogP contribution in [0.5, 0.6) is 5.75 Å². The Morgan fingerprint density at radius 2 is 1.78 bits per heavy atom. The molecule has 0 amide bonds. The van der Waals surface area contributed by atoms with Crippen molar-refractivity contribution < 1.29 is 4.74 Å². The predicted molar refractivity (Wildman–Crippen MR) is 76.9 cm³/mol. The van der Waals surface area contributed by atoms with E-state index in [9.17, 15) is 0 Å². The molecule has 0 N–H and O–H groups in total. The molecular formula is C17H18O. The van der Waals surface area contributed by atoms with Crippen molar-refractivity contribution in [1.82, 2.24) is 0 Å². The van der Waals surface area contributed by atoms with Crippen LogP contribution < -0.4 is 4.74 Å². The lowest BCUT2D eigenvalue weighted by Crippen LogP contribution is -1.90. The van der Waals surface area contributed by atoms with Gasteiger partial charge in [-0.1, -0.05) is 61.5 Å². The molecule has 0 fully saturated rings. The quantitative estimate of drug-likeness (QED) is 0.761. The largest absolute Gasteiger partial charge is 0.497 e. The summed E-state index contributed by atoms with van der Waals surface area (Å²) >= 11 is 0. The summed E-state index contributed by atoms with van der Waals surface area (Å²) in [6.45, 7) is 2.19. The first-order valence-corrected chi connectivity index (χ1v) is 6.17. The van der Waals surface area contributed by atoms with Crippen LogP contribution in [0.15, 0.2) is 60.7 Å². The minimum absolute atomic E-state index is 0.375. The molecular weight excluding hydrogens is 220 g/mol. The molecule has 1 heteroatoms. The molecule has 1 nitrogen and oxygen atoms in total. The highest BCUT2D eigenvalue weighted by atomic mass is 16.5. The van der Waals surface area contributed by atoms with E-state index in [1.807, 2.05) is 18.2 Å². The molecule has 0 saturated carbocycles. The van der Waals surface area contributed by atoms with Gasteiger partial charge in [0.25, 0.3) is 0 Å². The van der Waals surface area contributed by atoms with Gasteiger partial charge in [0.2, 0.25) is 0 Å². The summed E-state index contributed by atoms with van der Waals surface area (Å²) in [6.07, 6.45) is 4.37. The van der Waals surface area contributed by atoms with Gasteiger partial charge in [-0.3, -0.25) is 0 Å². The van der Waals surface area contributed by atoms with E-state index in [-0.39, 0.29) is 0 Å². The SMILES string of the molecule is COc1cccc([C@@H](C)/C=C/c2ccccc2)c1. The zero-order valence-electron chi connectivity index (χ0n) is 10.8. The first-order chi connectivity index (χ1) is 8.79. The summed E-state index contributed by atoms with van der Waals surface area (Å²) in [5.74, 6) is 1.28. The Labute approximate surface area is 109 Å². The van der Waals surface area contributed by atoms with Crippen LogP contribution in [0.1, 0.15) is 24.0 Å². The molecule has 2 rings (SSSR count). The molecule has 0 aliphatic heterocycles. The molecule has 0 bridgehead atoms. The highest BCUT2D eigenvalue weighted by Crippen LogP contribution is 2.22. The van der Waals surface area contributed by atoms with Gasteiger partial charge in [-0.25, -0.2) is 0 Å². The second-order valence-corrected chi connectivity index (χ2v) is 4.34. The van der Waals surface area contributed by atoms with Crippen molar-refractivity contribution in [2.24, 2.45) is 0 Å². The maximum Gasteiger partial charge on any atom is 0.119 e. The van der Waals surface area contributed by atoms with E-state index in [0.717, 1.165) is 5.75 Å². The predicted octanol–water partition coefficient (Wildman–Crippen LogP) is 4.51. The zero-order chi connectivity index (χ0) is 12.8. The van der Waals surface area contributed by atoms with Gasteiger partial charge in [0.15, 0.2) is 0 Å². The molecule has 0 saturated heterocycles. The number of benzene rings is 2. The van der Waals surface area contributed by atoms with E-state index >= 15 is 0 Å². The summed E-state index contributed by atoms with van der Waals surface area (Å²) in [4.78, 5) is 0. The normalized spacial score (nSPS) is 12.6. The van der Waals surface area contributed by atoms with Gasteiger partial charge in [-0.05, 0) is 29.2 Å². The van der Waals surface area contributed by atoms with E-state index in [4.69, 9.17) is 4.74 Å². The Bertz CT molecular complexity index is 514. The van der Waals surface area contributed by atoms with Crippen molar-refractivity contribution >= 4 is 6.08 Å². The third-order valence-corrected chi connectivity index (χ3v) is 3.00. The molecule has 0 unspecified atom stereocenters. The number of rotatable bonds is 4. The Morgan fingerprint density at radius 1 is 1.00 bits per heavy atom. The monoisotopic (exact) mass is 238 g/mol. The number of hydrogen-bond donors (Lipinski definition) is 0. The van der Waals surface area contributed by atoms with Gasteiger partial charge in [-0.15, -0.1) is 0 Å². The van der Waals surface area contributed by atoms with Gasteiger partial charge in [0.1, 0.15) is 5.75 Å². The first kappa shape index (κ1) is 12.4. The fourth-order valence-corrected chi connectivity index (χ4v) is 1.86. The number of allylic oxidation sites excluding steroid dienone is 1. The molecule has 1 atom stereocenters. The average molecular weight is 238 g/mol. The molecule has 0 heterocycles. The molecule has 0 radical (unpaired) electrons. The van der Waals surface area contributed by atoms with E-state index in [2.05, 4.69) is 55.5 Å². The van der Waals surface area contributed by atoms with Crippen LogP contribution in [-0.4, -0.2) is 7.11 Å². The van der Waals surface area contributed by atoms with Crippen LogP contribution in [-0.2, 0) is 0 Å². The second kappa shape index (κ2) is 6.06. The molecule has 18 heavy (non-hydrogen) atoms. The summed E-state index contributed by atoms with van der Waals surface area (Å²) in [7, 11) is 1.70. The lowest BCUT2D eigenvalue weighted by atomic mass is 9.99. The summed E-state index contributed by atoms with van der Waals surface area (Å²) in [5.41, 5.74) is 2.49. The van der Waals surface area contributed by atoms with Crippen molar-refractivity contribution in [2.75, 3.05) is 7.11 Å². The summed E-state index contributed by atoms with van der Waals surface area (Å²) in [6, 6.07) is 18.6. The van der Waals surface area contributed by atoms with Crippen LogP contribution in [0, 0.1) is 0 Å². The van der Waals surface area contributed by atoms with Crippen LogP contribution in [0.25, 0.3) is 6.08 Å². The van der Waals surface area contributed by atoms with Crippen molar-refractivity contribution in [3.63, 3.8) is 0 Å². The van der Waals surface area contributed by atoms with Gasteiger partial charge >= 0.3 is 0 Å². The average Bonchev–Trinajstić information content (AvgIpc) is 2.46. The maximum absolute atomic E-state index is 5.24. The molecule has 0 aromatic heterocycles. The third-order valence-electron chi connectivity index (χ3n) is 3.00. The van der Waals surface area contributed by atoms with Gasteiger partial charge in [0, 0.05) is 0 Å². The maximum atomic E-state index is 5.24. The molecule has 0 spiro atoms. The van der Waals surface area contributed by atoms with Crippen LogP contribution in [0.3, 0.4) is 0 Å². The van der Waals surface area contributed by atoms with Crippen molar-refractivity contribution in [3.05, 3.63) is 71.8 Å². The molecule has 92 valence electrons. The number of ether oxygens (including phenoxy) is 1. The Hall–Kier alpha value is -2.02. The molecule has 2 aromatic carbocycles. The number of methoxy groups -OCH3 is 1. The topological polar surface area (TPSA) is 9.23 Å². The lowest BCUT2D eigenvalue weighted by molar-refractivity contribution is 0.414. The smallest absolute Gasteiger partial charge is 0.119 e.